The summed E-state index contributed by atoms with van der Waals surface area (Å²) in [7, 11) is 0. The van der Waals surface area contributed by atoms with Gasteiger partial charge in [-0.25, -0.2) is 4.39 Å². The fraction of sp³-hybridized carbons (Fsp3) is 0.417. The number of hydrogen-bond donors (Lipinski definition) is 2. The predicted molar refractivity (Wildman–Crippen MR) is 75.3 cm³/mol. The van der Waals surface area contributed by atoms with Crippen LogP contribution in [0.1, 0.15) is 19.3 Å². The van der Waals surface area contributed by atoms with Gasteiger partial charge in [0.05, 0.1) is 5.69 Å². The number of anilines is 1. The van der Waals surface area contributed by atoms with Gasteiger partial charge in [-0.15, -0.1) is 12.4 Å². The van der Waals surface area contributed by atoms with Crippen molar-refractivity contribution in [1.29, 1.82) is 0 Å². The molecule has 2 atom stereocenters. The van der Waals surface area contributed by atoms with Crippen molar-refractivity contribution in [3.63, 3.8) is 0 Å². The molecule has 2 unspecified atom stereocenters. The van der Waals surface area contributed by atoms with Gasteiger partial charge in [-0.2, -0.15) is 0 Å². The summed E-state index contributed by atoms with van der Waals surface area (Å²) in [6.07, 6.45) is 2.32. The zero-order chi connectivity index (χ0) is 12.4. The maximum atomic E-state index is 13.4. The number of rotatable bonds is 2. The first kappa shape index (κ1) is 15.4. The Morgan fingerprint density at radius 1 is 1.44 bits per heavy atom. The van der Waals surface area contributed by atoms with Crippen LogP contribution in [-0.2, 0) is 4.79 Å². The van der Waals surface area contributed by atoms with Crippen molar-refractivity contribution in [2.45, 2.75) is 25.3 Å². The van der Waals surface area contributed by atoms with Crippen LogP contribution in [0.4, 0.5) is 10.1 Å². The van der Waals surface area contributed by atoms with Gasteiger partial charge in [0.2, 0.25) is 5.91 Å². The highest BCUT2D eigenvalue weighted by Crippen LogP contribution is 2.27. The third-order valence-corrected chi connectivity index (χ3v) is 3.52. The third-order valence-electron chi connectivity index (χ3n) is 3.03. The molecule has 0 spiro atoms. The molecule has 100 valence electrons. The predicted octanol–water partition coefficient (Wildman–Crippen LogP) is 3.08. The Hall–Kier alpha value is -0.650. The van der Waals surface area contributed by atoms with E-state index in [2.05, 4.69) is 21.2 Å². The van der Waals surface area contributed by atoms with Crippen molar-refractivity contribution in [3.8, 4) is 0 Å². The number of nitrogens with one attached hydrogen (secondary N) is 1. The maximum absolute atomic E-state index is 13.4. The number of amides is 1. The maximum Gasteiger partial charge on any atom is 0.227 e. The Bertz CT molecular complexity index is 444. The molecule has 2 rings (SSSR count). The first-order valence-corrected chi connectivity index (χ1v) is 6.37. The van der Waals surface area contributed by atoms with Crippen molar-refractivity contribution < 1.29 is 9.18 Å². The SMILES string of the molecule is Cl.NC1CCC(C(=O)Nc2cc(Br)ccc2F)C1. The Morgan fingerprint density at radius 2 is 2.17 bits per heavy atom. The van der Waals surface area contributed by atoms with Crippen molar-refractivity contribution in [1.82, 2.24) is 0 Å². The standard InChI is InChI=1S/C12H14BrFN2O.ClH/c13-8-2-4-10(14)11(6-8)16-12(17)7-1-3-9(15)5-7;/h2,4,6-7,9H,1,3,5,15H2,(H,16,17);1H. The average molecular weight is 338 g/mol. The second kappa shape index (κ2) is 6.50. The topological polar surface area (TPSA) is 55.1 Å². The van der Waals surface area contributed by atoms with Crippen LogP contribution in [0.25, 0.3) is 0 Å². The number of hydrogen-bond acceptors (Lipinski definition) is 2. The number of carbonyl (C=O) groups is 1. The van der Waals surface area contributed by atoms with Crippen LogP contribution in [0.2, 0.25) is 0 Å². The van der Waals surface area contributed by atoms with Crippen LogP contribution in [0.3, 0.4) is 0 Å². The lowest BCUT2D eigenvalue weighted by Crippen LogP contribution is -2.23. The Morgan fingerprint density at radius 3 is 2.78 bits per heavy atom. The smallest absolute Gasteiger partial charge is 0.227 e. The highest BCUT2D eigenvalue weighted by Gasteiger charge is 2.28. The van der Waals surface area contributed by atoms with Crippen molar-refractivity contribution >= 4 is 39.9 Å². The summed E-state index contributed by atoms with van der Waals surface area (Å²) in [5.41, 5.74) is 5.96. The molecule has 1 fully saturated rings. The van der Waals surface area contributed by atoms with E-state index >= 15 is 0 Å². The molecule has 3 nitrogen and oxygen atoms in total. The lowest BCUT2D eigenvalue weighted by molar-refractivity contribution is -0.119. The van der Waals surface area contributed by atoms with Crippen LogP contribution in [-0.4, -0.2) is 11.9 Å². The highest BCUT2D eigenvalue weighted by molar-refractivity contribution is 9.10. The summed E-state index contributed by atoms with van der Waals surface area (Å²) in [5.74, 6) is -0.665. The number of carbonyl (C=O) groups excluding carboxylic acids is 1. The van der Waals surface area contributed by atoms with E-state index < -0.39 is 5.82 Å². The van der Waals surface area contributed by atoms with E-state index in [1.165, 1.54) is 6.07 Å². The van der Waals surface area contributed by atoms with Gasteiger partial charge < -0.3 is 11.1 Å². The Labute approximate surface area is 120 Å². The Kier molecular flexibility index (Phi) is 5.56. The number of halogens is 3. The summed E-state index contributed by atoms with van der Waals surface area (Å²) >= 11 is 3.24. The molecule has 6 heteroatoms. The molecule has 1 saturated carbocycles. The lowest BCUT2D eigenvalue weighted by Gasteiger charge is -2.11. The average Bonchev–Trinajstić information content (AvgIpc) is 2.70. The molecule has 3 N–H and O–H groups in total. The molecule has 0 aromatic heterocycles. The second-order valence-electron chi connectivity index (χ2n) is 4.38. The second-order valence-corrected chi connectivity index (χ2v) is 5.30. The van der Waals surface area contributed by atoms with E-state index in [4.69, 9.17) is 5.73 Å². The summed E-state index contributed by atoms with van der Waals surface area (Å²) in [5, 5.41) is 2.61. The molecule has 18 heavy (non-hydrogen) atoms. The first-order chi connectivity index (χ1) is 8.06. The third kappa shape index (κ3) is 3.67. The summed E-state index contributed by atoms with van der Waals surface area (Å²) < 4.78 is 14.2. The van der Waals surface area contributed by atoms with E-state index in [1.54, 1.807) is 12.1 Å². The number of benzene rings is 1. The molecule has 1 aromatic rings. The summed E-state index contributed by atoms with van der Waals surface area (Å²) in [4.78, 5) is 11.9. The summed E-state index contributed by atoms with van der Waals surface area (Å²) in [6.45, 7) is 0. The van der Waals surface area contributed by atoms with E-state index in [-0.39, 0.29) is 36.0 Å². The van der Waals surface area contributed by atoms with Gasteiger partial charge in [0.15, 0.2) is 0 Å². The molecule has 0 radical (unpaired) electrons. The van der Waals surface area contributed by atoms with Gasteiger partial charge in [-0.05, 0) is 37.5 Å². The first-order valence-electron chi connectivity index (χ1n) is 5.58. The van der Waals surface area contributed by atoms with Crippen LogP contribution < -0.4 is 11.1 Å². The van der Waals surface area contributed by atoms with Crippen molar-refractivity contribution in [3.05, 3.63) is 28.5 Å². The molecule has 1 amide bonds. The zero-order valence-electron chi connectivity index (χ0n) is 9.66. The Balaban J connectivity index is 0.00000162. The van der Waals surface area contributed by atoms with E-state index in [9.17, 15) is 9.18 Å². The molecule has 1 aromatic carbocycles. The van der Waals surface area contributed by atoms with Crippen molar-refractivity contribution in [2.75, 3.05) is 5.32 Å². The number of nitrogens with two attached hydrogens (primary N) is 1. The molecular formula is C12H15BrClFN2O. The highest BCUT2D eigenvalue weighted by atomic mass is 79.9. The molecule has 0 saturated heterocycles. The molecule has 1 aliphatic rings. The van der Waals surface area contributed by atoms with Crippen molar-refractivity contribution in [2.24, 2.45) is 11.7 Å². The molecule has 0 bridgehead atoms. The fourth-order valence-electron chi connectivity index (χ4n) is 2.08. The van der Waals surface area contributed by atoms with Gasteiger partial charge in [0, 0.05) is 16.4 Å². The van der Waals surface area contributed by atoms with Crippen LogP contribution in [0.15, 0.2) is 22.7 Å². The summed E-state index contributed by atoms with van der Waals surface area (Å²) in [6, 6.07) is 4.57. The van der Waals surface area contributed by atoms with E-state index in [0.29, 0.717) is 6.42 Å². The molecule has 0 heterocycles. The van der Waals surface area contributed by atoms with E-state index in [1.807, 2.05) is 0 Å². The normalized spacial score (nSPS) is 22.4. The monoisotopic (exact) mass is 336 g/mol. The minimum Gasteiger partial charge on any atom is -0.328 e. The zero-order valence-corrected chi connectivity index (χ0v) is 12.1. The van der Waals surface area contributed by atoms with Gasteiger partial charge >= 0.3 is 0 Å². The minimum absolute atomic E-state index is 0. The molecule has 1 aliphatic carbocycles. The van der Waals surface area contributed by atoms with Crippen LogP contribution >= 0.6 is 28.3 Å². The van der Waals surface area contributed by atoms with Gasteiger partial charge in [0.25, 0.3) is 0 Å². The fourth-order valence-corrected chi connectivity index (χ4v) is 2.44. The molecular weight excluding hydrogens is 323 g/mol. The quantitative estimate of drug-likeness (QED) is 0.871. The largest absolute Gasteiger partial charge is 0.328 e. The van der Waals surface area contributed by atoms with Gasteiger partial charge in [0.1, 0.15) is 5.82 Å². The van der Waals surface area contributed by atoms with Gasteiger partial charge in [-0.3, -0.25) is 4.79 Å². The minimum atomic E-state index is -0.427. The lowest BCUT2D eigenvalue weighted by atomic mass is 10.1. The molecule has 0 aliphatic heterocycles. The van der Waals surface area contributed by atoms with Crippen LogP contribution in [0.5, 0.6) is 0 Å². The van der Waals surface area contributed by atoms with Crippen LogP contribution in [0, 0.1) is 11.7 Å². The van der Waals surface area contributed by atoms with E-state index in [0.717, 1.165) is 17.3 Å². The van der Waals surface area contributed by atoms with Gasteiger partial charge in [-0.1, -0.05) is 15.9 Å².